The number of fused-ring (bicyclic) bond motifs is 1. The standard InChI is InChI=1S/C23H21Cl3N2O2/c1-13-6-9-19-17(10-13)20(21(29)23(30)27-16-4-2-3-5-16)22(26)28(19)12-14-7-8-15(24)11-18(14)25/h6-11,16H,2-5,12H2,1H3,(H,27,30). The summed E-state index contributed by atoms with van der Waals surface area (Å²) in [5.41, 5.74) is 2.80. The highest BCUT2D eigenvalue weighted by atomic mass is 35.5. The molecule has 0 spiro atoms. The van der Waals surface area contributed by atoms with Gasteiger partial charge in [0.05, 0.1) is 17.6 Å². The van der Waals surface area contributed by atoms with Crippen molar-refractivity contribution in [1.29, 1.82) is 0 Å². The van der Waals surface area contributed by atoms with E-state index in [0.29, 0.717) is 22.0 Å². The Morgan fingerprint density at radius 3 is 2.50 bits per heavy atom. The topological polar surface area (TPSA) is 51.1 Å². The number of halogens is 3. The van der Waals surface area contributed by atoms with Crippen molar-refractivity contribution in [3.63, 3.8) is 0 Å². The van der Waals surface area contributed by atoms with E-state index >= 15 is 0 Å². The second-order valence-electron chi connectivity index (χ2n) is 7.79. The van der Waals surface area contributed by atoms with Crippen LogP contribution in [0.15, 0.2) is 36.4 Å². The van der Waals surface area contributed by atoms with Crippen LogP contribution in [0.25, 0.3) is 10.9 Å². The van der Waals surface area contributed by atoms with Crippen LogP contribution in [0.1, 0.15) is 47.2 Å². The minimum atomic E-state index is -0.608. The van der Waals surface area contributed by atoms with E-state index in [1.165, 1.54) is 0 Å². The van der Waals surface area contributed by atoms with E-state index in [9.17, 15) is 9.59 Å². The normalized spacial score (nSPS) is 14.4. The molecule has 2 aromatic carbocycles. The summed E-state index contributed by atoms with van der Waals surface area (Å²) in [7, 11) is 0. The van der Waals surface area contributed by atoms with Gasteiger partial charge in [0, 0.05) is 21.5 Å². The Labute approximate surface area is 190 Å². The number of aryl methyl sites for hydroxylation is 1. The smallest absolute Gasteiger partial charge is 0.292 e. The number of nitrogens with one attached hydrogen (secondary N) is 1. The van der Waals surface area contributed by atoms with Crippen molar-refractivity contribution in [2.45, 2.75) is 45.2 Å². The third-order valence-electron chi connectivity index (χ3n) is 5.62. The third-order valence-corrected chi connectivity index (χ3v) is 6.60. The minimum Gasteiger partial charge on any atom is -0.346 e. The lowest BCUT2D eigenvalue weighted by molar-refractivity contribution is -0.117. The number of amides is 1. The van der Waals surface area contributed by atoms with Crippen molar-refractivity contribution in [3.8, 4) is 0 Å². The Morgan fingerprint density at radius 2 is 1.80 bits per heavy atom. The molecule has 1 heterocycles. The molecule has 1 amide bonds. The quantitative estimate of drug-likeness (QED) is 0.362. The van der Waals surface area contributed by atoms with Gasteiger partial charge in [0.1, 0.15) is 5.15 Å². The lowest BCUT2D eigenvalue weighted by Crippen LogP contribution is -2.37. The van der Waals surface area contributed by atoms with Crippen LogP contribution in [-0.4, -0.2) is 22.3 Å². The maximum atomic E-state index is 13.1. The average molecular weight is 464 g/mol. The molecular formula is C23H21Cl3N2O2. The van der Waals surface area contributed by atoms with Gasteiger partial charge in [0.2, 0.25) is 0 Å². The van der Waals surface area contributed by atoms with Gasteiger partial charge >= 0.3 is 0 Å². The molecule has 4 rings (SSSR count). The van der Waals surface area contributed by atoms with Crippen molar-refractivity contribution in [3.05, 3.63) is 68.3 Å². The molecule has 0 saturated heterocycles. The first-order valence-electron chi connectivity index (χ1n) is 9.92. The number of ketones is 1. The van der Waals surface area contributed by atoms with E-state index in [1.807, 2.05) is 35.8 Å². The fourth-order valence-electron chi connectivity index (χ4n) is 4.06. The highest BCUT2D eigenvalue weighted by Gasteiger charge is 2.28. The van der Waals surface area contributed by atoms with Crippen molar-refractivity contribution < 1.29 is 9.59 Å². The first-order valence-corrected chi connectivity index (χ1v) is 11.1. The van der Waals surface area contributed by atoms with Crippen molar-refractivity contribution in [2.75, 3.05) is 0 Å². The molecule has 1 aliphatic carbocycles. The van der Waals surface area contributed by atoms with E-state index in [4.69, 9.17) is 34.8 Å². The number of aromatic nitrogens is 1. The fourth-order valence-corrected chi connectivity index (χ4v) is 4.87. The van der Waals surface area contributed by atoms with Crippen LogP contribution < -0.4 is 5.32 Å². The van der Waals surface area contributed by atoms with Crippen LogP contribution in [0.2, 0.25) is 15.2 Å². The first-order chi connectivity index (χ1) is 14.3. The van der Waals surface area contributed by atoms with Gasteiger partial charge in [0.15, 0.2) is 0 Å². The third kappa shape index (κ3) is 4.09. The molecule has 7 heteroatoms. The fraction of sp³-hybridized carbons (Fsp3) is 0.304. The van der Waals surface area contributed by atoms with E-state index in [-0.39, 0.29) is 16.8 Å². The molecular weight excluding hydrogens is 443 g/mol. The van der Waals surface area contributed by atoms with Crippen LogP contribution in [0, 0.1) is 6.92 Å². The van der Waals surface area contributed by atoms with Crippen molar-refractivity contribution in [2.24, 2.45) is 0 Å². The van der Waals surface area contributed by atoms with Gasteiger partial charge in [-0.25, -0.2) is 0 Å². The summed E-state index contributed by atoms with van der Waals surface area (Å²) in [6.45, 7) is 2.29. The lowest BCUT2D eigenvalue weighted by Gasteiger charge is -2.11. The van der Waals surface area contributed by atoms with Crippen LogP contribution in [0.5, 0.6) is 0 Å². The maximum Gasteiger partial charge on any atom is 0.292 e. The van der Waals surface area contributed by atoms with Gasteiger partial charge in [0.25, 0.3) is 11.7 Å². The lowest BCUT2D eigenvalue weighted by atomic mass is 10.1. The summed E-state index contributed by atoms with van der Waals surface area (Å²) in [5, 5.41) is 4.82. The zero-order valence-electron chi connectivity index (χ0n) is 16.5. The molecule has 1 aromatic heterocycles. The van der Waals surface area contributed by atoms with Gasteiger partial charge in [-0.1, -0.05) is 65.3 Å². The zero-order valence-corrected chi connectivity index (χ0v) is 18.7. The summed E-state index contributed by atoms with van der Waals surface area (Å²) < 4.78 is 1.81. The van der Waals surface area contributed by atoms with E-state index in [0.717, 1.165) is 42.3 Å². The van der Waals surface area contributed by atoms with Crippen molar-refractivity contribution >= 4 is 57.4 Å². The second kappa shape index (κ2) is 8.62. The average Bonchev–Trinajstić information content (AvgIpc) is 3.29. The van der Waals surface area contributed by atoms with Gasteiger partial charge in [-0.05, 0) is 49.6 Å². The predicted molar refractivity (Wildman–Crippen MR) is 122 cm³/mol. The number of benzene rings is 2. The largest absolute Gasteiger partial charge is 0.346 e. The number of Topliss-reactive ketones (excluding diaryl/α,β-unsaturated/α-hetero) is 1. The summed E-state index contributed by atoms with van der Waals surface area (Å²) >= 11 is 19.0. The van der Waals surface area contributed by atoms with Crippen LogP contribution in [0.4, 0.5) is 0 Å². The zero-order chi connectivity index (χ0) is 21.4. The number of carbonyl (C=O) groups excluding carboxylic acids is 2. The SMILES string of the molecule is Cc1ccc2c(c1)c(C(=O)C(=O)NC1CCCC1)c(Cl)n2Cc1ccc(Cl)cc1Cl. The molecule has 0 aliphatic heterocycles. The highest BCUT2D eigenvalue weighted by Crippen LogP contribution is 2.33. The maximum absolute atomic E-state index is 13.1. The molecule has 4 nitrogen and oxygen atoms in total. The molecule has 0 atom stereocenters. The van der Waals surface area contributed by atoms with Gasteiger partial charge in [-0.2, -0.15) is 0 Å². The molecule has 0 bridgehead atoms. The van der Waals surface area contributed by atoms with Crippen LogP contribution in [-0.2, 0) is 11.3 Å². The number of hydrogen-bond donors (Lipinski definition) is 1. The molecule has 1 aliphatic rings. The molecule has 156 valence electrons. The minimum absolute atomic E-state index is 0.0585. The molecule has 3 aromatic rings. The number of carbonyl (C=O) groups is 2. The van der Waals surface area contributed by atoms with E-state index in [1.54, 1.807) is 12.1 Å². The molecule has 1 saturated carbocycles. The predicted octanol–water partition coefficient (Wildman–Crippen LogP) is 6.20. The molecule has 0 radical (unpaired) electrons. The monoisotopic (exact) mass is 462 g/mol. The van der Waals surface area contributed by atoms with Crippen molar-refractivity contribution in [1.82, 2.24) is 9.88 Å². The number of rotatable bonds is 5. The molecule has 1 fully saturated rings. The Morgan fingerprint density at radius 1 is 1.07 bits per heavy atom. The van der Waals surface area contributed by atoms with Gasteiger partial charge < -0.3 is 9.88 Å². The Bertz CT molecular complexity index is 1150. The summed E-state index contributed by atoms with van der Waals surface area (Å²) in [6, 6.07) is 11.1. The van der Waals surface area contributed by atoms with E-state index in [2.05, 4.69) is 5.32 Å². The van der Waals surface area contributed by atoms with Crippen LogP contribution >= 0.6 is 34.8 Å². The summed E-state index contributed by atoms with van der Waals surface area (Å²) in [4.78, 5) is 25.8. The summed E-state index contributed by atoms with van der Waals surface area (Å²) in [5.74, 6) is -1.21. The Hall–Kier alpha value is -2.01. The van der Waals surface area contributed by atoms with Gasteiger partial charge in [-0.15, -0.1) is 0 Å². The second-order valence-corrected chi connectivity index (χ2v) is 8.99. The van der Waals surface area contributed by atoms with Crippen LogP contribution in [0.3, 0.4) is 0 Å². The molecule has 1 N–H and O–H groups in total. The summed E-state index contributed by atoms with van der Waals surface area (Å²) in [6.07, 6.45) is 3.95. The van der Waals surface area contributed by atoms with E-state index < -0.39 is 11.7 Å². The first kappa shape index (κ1) is 21.2. The molecule has 30 heavy (non-hydrogen) atoms. The van der Waals surface area contributed by atoms with Gasteiger partial charge in [-0.3, -0.25) is 9.59 Å². The number of hydrogen-bond acceptors (Lipinski definition) is 2. The molecule has 0 unspecified atom stereocenters. The Kier molecular flexibility index (Phi) is 6.10. The highest BCUT2D eigenvalue weighted by molar-refractivity contribution is 6.49. The Balaban J connectivity index is 1.76. The number of nitrogens with zero attached hydrogens (tertiary/aromatic N) is 1.